The first-order valence-electron chi connectivity index (χ1n) is 12.0. The van der Waals surface area contributed by atoms with Crippen LogP contribution >= 0.6 is 0 Å². The summed E-state index contributed by atoms with van der Waals surface area (Å²) in [7, 11) is 0. The number of amides is 1. The van der Waals surface area contributed by atoms with Gasteiger partial charge in [-0.3, -0.25) is 4.79 Å². The van der Waals surface area contributed by atoms with Crippen molar-refractivity contribution in [1.29, 1.82) is 0 Å². The van der Waals surface area contributed by atoms with Crippen LogP contribution in [-0.2, 0) is 11.3 Å². The van der Waals surface area contributed by atoms with Crippen molar-refractivity contribution in [2.24, 2.45) is 17.3 Å². The number of nitrogens with one attached hydrogen (secondary N) is 2. The van der Waals surface area contributed by atoms with E-state index in [0.717, 1.165) is 44.6 Å². The SMILES string of the molecule is CCNc1ccccc1CN[C@@H](C(=O)N1CCC(C2=CCCC=C2)C(C)(C)C1)C(C)C. The first-order valence-corrected chi connectivity index (χ1v) is 12.0. The highest BCUT2D eigenvalue weighted by Crippen LogP contribution is 2.41. The minimum Gasteiger partial charge on any atom is -0.385 e. The van der Waals surface area contributed by atoms with E-state index in [-0.39, 0.29) is 23.3 Å². The maximum atomic E-state index is 13.6. The molecular formula is C27H41N3O. The summed E-state index contributed by atoms with van der Waals surface area (Å²) in [5.41, 5.74) is 3.91. The molecule has 1 amide bonds. The molecule has 2 N–H and O–H groups in total. The van der Waals surface area contributed by atoms with E-state index < -0.39 is 0 Å². The summed E-state index contributed by atoms with van der Waals surface area (Å²) < 4.78 is 0. The topological polar surface area (TPSA) is 44.4 Å². The molecule has 0 spiro atoms. The number of rotatable bonds is 8. The zero-order chi connectivity index (χ0) is 22.4. The van der Waals surface area contributed by atoms with Crippen LogP contribution in [0.4, 0.5) is 5.69 Å². The number of piperidine rings is 1. The van der Waals surface area contributed by atoms with Gasteiger partial charge in [-0.15, -0.1) is 0 Å². The minimum atomic E-state index is -0.171. The third-order valence-electron chi connectivity index (χ3n) is 6.80. The second-order valence-electron chi connectivity index (χ2n) is 10.1. The number of anilines is 1. The molecule has 1 fully saturated rings. The van der Waals surface area contributed by atoms with Crippen LogP contribution in [0.25, 0.3) is 0 Å². The molecule has 3 rings (SSSR count). The van der Waals surface area contributed by atoms with Crippen LogP contribution in [0.2, 0.25) is 0 Å². The predicted octanol–water partition coefficient (Wildman–Crippen LogP) is 5.38. The maximum Gasteiger partial charge on any atom is 0.239 e. The van der Waals surface area contributed by atoms with E-state index in [1.54, 1.807) is 0 Å². The molecule has 1 aromatic rings. The molecule has 1 saturated heterocycles. The summed E-state index contributed by atoms with van der Waals surface area (Å²) in [6.07, 6.45) is 10.4. The number of benzene rings is 1. The lowest BCUT2D eigenvalue weighted by molar-refractivity contribution is -0.138. The number of para-hydroxylation sites is 1. The van der Waals surface area contributed by atoms with Gasteiger partial charge in [-0.2, -0.15) is 0 Å². The van der Waals surface area contributed by atoms with Gasteiger partial charge in [-0.25, -0.2) is 0 Å². The molecule has 0 bridgehead atoms. The third kappa shape index (κ3) is 5.79. The average Bonchev–Trinajstić information content (AvgIpc) is 2.74. The molecule has 1 aliphatic carbocycles. The first-order chi connectivity index (χ1) is 14.8. The molecule has 0 saturated carbocycles. The predicted molar refractivity (Wildman–Crippen MR) is 131 cm³/mol. The second kappa shape index (κ2) is 10.5. The largest absolute Gasteiger partial charge is 0.385 e. The molecule has 1 unspecified atom stereocenters. The van der Waals surface area contributed by atoms with Gasteiger partial charge >= 0.3 is 0 Å². The van der Waals surface area contributed by atoms with Gasteiger partial charge in [0, 0.05) is 31.9 Å². The number of carbonyl (C=O) groups is 1. The monoisotopic (exact) mass is 423 g/mol. The van der Waals surface area contributed by atoms with Gasteiger partial charge in [0.15, 0.2) is 0 Å². The van der Waals surface area contributed by atoms with Crippen LogP contribution in [0.3, 0.4) is 0 Å². The number of nitrogens with zero attached hydrogens (tertiary/aromatic N) is 1. The molecule has 0 aromatic heterocycles. The summed E-state index contributed by atoms with van der Waals surface area (Å²) in [6.45, 7) is 14.3. The standard InChI is InChI=1S/C27H41N3O/c1-6-28-24-15-11-10-14-22(24)18-29-25(20(2)3)26(31)30-17-16-23(27(4,5)19-30)21-12-8-7-9-13-21/h8,10-15,20,23,25,28-29H,6-7,9,16-19H2,1-5H3/t23?,25-/m1/s1. The summed E-state index contributed by atoms with van der Waals surface area (Å²) in [6, 6.07) is 8.18. The smallest absolute Gasteiger partial charge is 0.239 e. The minimum absolute atomic E-state index is 0.0839. The molecule has 2 atom stereocenters. The second-order valence-corrected chi connectivity index (χ2v) is 10.1. The molecule has 2 aliphatic rings. The van der Waals surface area contributed by atoms with Crippen molar-refractivity contribution in [3.63, 3.8) is 0 Å². The van der Waals surface area contributed by atoms with Crippen molar-refractivity contribution >= 4 is 11.6 Å². The molecule has 170 valence electrons. The lowest BCUT2D eigenvalue weighted by atomic mass is 9.69. The van der Waals surface area contributed by atoms with E-state index in [1.165, 1.54) is 11.1 Å². The van der Waals surface area contributed by atoms with Crippen molar-refractivity contribution in [3.8, 4) is 0 Å². The molecule has 31 heavy (non-hydrogen) atoms. The van der Waals surface area contributed by atoms with Gasteiger partial charge < -0.3 is 15.5 Å². The Balaban J connectivity index is 1.67. The third-order valence-corrected chi connectivity index (χ3v) is 6.80. The Bertz CT molecular complexity index is 808. The van der Waals surface area contributed by atoms with E-state index in [2.05, 4.69) is 92.6 Å². The molecule has 1 aromatic carbocycles. The number of carbonyl (C=O) groups excluding carboxylic acids is 1. The highest BCUT2D eigenvalue weighted by Gasteiger charge is 2.40. The van der Waals surface area contributed by atoms with Crippen molar-refractivity contribution in [2.75, 3.05) is 25.0 Å². The molecule has 4 heteroatoms. The lowest BCUT2D eigenvalue weighted by Crippen LogP contribution is -2.55. The zero-order valence-corrected chi connectivity index (χ0v) is 20.1. The van der Waals surface area contributed by atoms with E-state index in [9.17, 15) is 4.79 Å². The fourth-order valence-corrected chi connectivity index (χ4v) is 5.12. The van der Waals surface area contributed by atoms with Crippen LogP contribution in [0.1, 0.15) is 59.4 Å². The van der Waals surface area contributed by atoms with Gasteiger partial charge in [0.2, 0.25) is 5.91 Å². The van der Waals surface area contributed by atoms with Crippen LogP contribution in [0, 0.1) is 17.3 Å². The lowest BCUT2D eigenvalue weighted by Gasteiger charge is -2.46. The Morgan fingerprint density at radius 1 is 1.23 bits per heavy atom. The van der Waals surface area contributed by atoms with Crippen molar-refractivity contribution in [3.05, 3.63) is 53.6 Å². The van der Waals surface area contributed by atoms with Gasteiger partial charge in [0.1, 0.15) is 0 Å². The Kier molecular flexibility index (Phi) is 7.99. The summed E-state index contributed by atoms with van der Waals surface area (Å²) in [4.78, 5) is 15.7. The van der Waals surface area contributed by atoms with Crippen LogP contribution in [0.5, 0.6) is 0 Å². The Labute approximate surface area is 189 Å². The summed E-state index contributed by atoms with van der Waals surface area (Å²) in [5.74, 6) is 1.02. The highest BCUT2D eigenvalue weighted by atomic mass is 16.2. The fraction of sp³-hybridized carbons (Fsp3) is 0.593. The molecule has 1 heterocycles. The van der Waals surface area contributed by atoms with Gasteiger partial charge in [-0.05, 0) is 60.6 Å². The van der Waals surface area contributed by atoms with E-state index in [0.29, 0.717) is 12.5 Å². The van der Waals surface area contributed by atoms with Crippen LogP contribution in [-0.4, -0.2) is 36.5 Å². The molecule has 0 radical (unpaired) electrons. The van der Waals surface area contributed by atoms with Crippen LogP contribution < -0.4 is 10.6 Å². The van der Waals surface area contributed by atoms with Crippen molar-refractivity contribution in [1.82, 2.24) is 10.2 Å². The molecule has 1 aliphatic heterocycles. The van der Waals surface area contributed by atoms with Gasteiger partial charge in [-0.1, -0.05) is 64.1 Å². The van der Waals surface area contributed by atoms with Crippen molar-refractivity contribution < 1.29 is 4.79 Å². The number of likely N-dealkylation sites (tertiary alicyclic amines) is 1. The summed E-state index contributed by atoms with van der Waals surface area (Å²) in [5, 5.41) is 7.00. The van der Waals surface area contributed by atoms with E-state index in [1.807, 2.05) is 0 Å². The Morgan fingerprint density at radius 3 is 2.65 bits per heavy atom. The number of hydrogen-bond donors (Lipinski definition) is 2. The zero-order valence-electron chi connectivity index (χ0n) is 20.1. The summed E-state index contributed by atoms with van der Waals surface area (Å²) >= 11 is 0. The number of allylic oxidation sites excluding steroid dienone is 4. The molecular weight excluding hydrogens is 382 g/mol. The average molecular weight is 424 g/mol. The van der Waals surface area contributed by atoms with Crippen molar-refractivity contribution in [2.45, 2.75) is 66.5 Å². The normalized spacial score (nSPS) is 21.7. The first kappa shape index (κ1) is 23.6. The Morgan fingerprint density at radius 2 is 2.00 bits per heavy atom. The quantitative estimate of drug-likeness (QED) is 0.590. The van der Waals surface area contributed by atoms with Gasteiger partial charge in [0.05, 0.1) is 6.04 Å². The van der Waals surface area contributed by atoms with Crippen LogP contribution in [0.15, 0.2) is 48.1 Å². The molecule has 4 nitrogen and oxygen atoms in total. The van der Waals surface area contributed by atoms with E-state index >= 15 is 0 Å². The fourth-order valence-electron chi connectivity index (χ4n) is 5.12. The van der Waals surface area contributed by atoms with E-state index in [4.69, 9.17) is 0 Å². The highest BCUT2D eigenvalue weighted by molar-refractivity contribution is 5.82. The maximum absolute atomic E-state index is 13.6. The Hall–Kier alpha value is -2.07. The number of hydrogen-bond acceptors (Lipinski definition) is 3. The van der Waals surface area contributed by atoms with Gasteiger partial charge in [0.25, 0.3) is 0 Å².